The maximum absolute atomic E-state index is 11.6. The van der Waals surface area contributed by atoms with Crippen LogP contribution in [0.5, 0.6) is 0 Å². The summed E-state index contributed by atoms with van der Waals surface area (Å²) in [6.45, 7) is 4.02. The second kappa shape index (κ2) is 7.38. The Hall–Kier alpha value is -1.43. The van der Waals surface area contributed by atoms with Gasteiger partial charge in [0, 0.05) is 26.2 Å². The summed E-state index contributed by atoms with van der Waals surface area (Å²) in [6.07, 6.45) is 0.927. The number of aliphatic hydroxyl groups excluding tert-OH is 1. The second-order valence-electron chi connectivity index (χ2n) is 5.11. The number of hydrogen-bond acceptors (Lipinski definition) is 4. The molecule has 1 fully saturated rings. The van der Waals surface area contributed by atoms with Crippen LogP contribution in [0.15, 0.2) is 30.3 Å². The van der Waals surface area contributed by atoms with Crippen molar-refractivity contribution in [2.45, 2.75) is 12.5 Å². The Balaban J connectivity index is 2.09. The van der Waals surface area contributed by atoms with Crippen LogP contribution in [0, 0.1) is 0 Å². The van der Waals surface area contributed by atoms with E-state index in [-0.39, 0.29) is 6.61 Å². The first-order valence-corrected chi connectivity index (χ1v) is 7.07. The molecule has 5 heteroatoms. The lowest BCUT2D eigenvalue weighted by molar-refractivity contribution is -0.143. The first-order chi connectivity index (χ1) is 9.72. The van der Waals surface area contributed by atoms with Crippen molar-refractivity contribution < 1.29 is 15.0 Å². The molecule has 1 aliphatic rings. The van der Waals surface area contributed by atoms with E-state index in [2.05, 4.69) is 4.90 Å². The van der Waals surface area contributed by atoms with E-state index in [0.717, 1.165) is 31.6 Å². The number of aliphatic hydroxyl groups is 1. The standard InChI is InChI=1S/C15H22N2O3/c18-12-11-16-7-4-8-17(10-9-16)14(15(19)20)13-5-2-1-3-6-13/h1-3,5-6,14,18H,4,7-12H2,(H,19,20). The number of rotatable bonds is 5. The molecule has 20 heavy (non-hydrogen) atoms. The van der Waals surface area contributed by atoms with E-state index in [1.54, 1.807) is 0 Å². The maximum atomic E-state index is 11.6. The highest BCUT2D eigenvalue weighted by Gasteiger charge is 2.28. The van der Waals surface area contributed by atoms with Gasteiger partial charge >= 0.3 is 5.97 Å². The number of β-amino-alcohol motifs (C(OH)–C–C–N with tert-alkyl or cyclic N) is 1. The fourth-order valence-electron chi connectivity index (χ4n) is 2.76. The van der Waals surface area contributed by atoms with Crippen LogP contribution in [-0.2, 0) is 4.79 Å². The maximum Gasteiger partial charge on any atom is 0.325 e. The molecule has 1 atom stereocenters. The molecule has 0 amide bonds. The Morgan fingerprint density at radius 2 is 1.90 bits per heavy atom. The first-order valence-electron chi connectivity index (χ1n) is 7.07. The molecular weight excluding hydrogens is 256 g/mol. The van der Waals surface area contributed by atoms with Crippen molar-refractivity contribution in [1.82, 2.24) is 9.80 Å². The van der Waals surface area contributed by atoms with Gasteiger partial charge in [0.05, 0.1) is 6.61 Å². The third kappa shape index (κ3) is 3.79. The van der Waals surface area contributed by atoms with Crippen LogP contribution in [0.4, 0.5) is 0 Å². The van der Waals surface area contributed by atoms with Crippen molar-refractivity contribution in [2.75, 3.05) is 39.3 Å². The van der Waals surface area contributed by atoms with Crippen LogP contribution in [-0.4, -0.2) is 65.3 Å². The van der Waals surface area contributed by atoms with Crippen molar-refractivity contribution in [1.29, 1.82) is 0 Å². The lowest BCUT2D eigenvalue weighted by atomic mass is 10.1. The molecule has 2 N–H and O–H groups in total. The third-order valence-electron chi connectivity index (χ3n) is 3.75. The number of nitrogens with zero attached hydrogens (tertiary/aromatic N) is 2. The summed E-state index contributed by atoms with van der Waals surface area (Å²) in [5.41, 5.74) is 0.829. The molecule has 2 rings (SSSR count). The van der Waals surface area contributed by atoms with Gasteiger partial charge < -0.3 is 10.2 Å². The lowest BCUT2D eigenvalue weighted by Crippen LogP contribution is -2.37. The highest BCUT2D eigenvalue weighted by atomic mass is 16.4. The SMILES string of the molecule is O=C(O)C(c1ccccc1)N1CCCN(CCO)CC1. The van der Waals surface area contributed by atoms with Crippen LogP contribution in [0.2, 0.25) is 0 Å². The predicted octanol–water partition coefficient (Wildman–Crippen LogP) is 0.812. The number of benzene rings is 1. The van der Waals surface area contributed by atoms with Gasteiger partial charge in [0.2, 0.25) is 0 Å². The Morgan fingerprint density at radius 1 is 1.15 bits per heavy atom. The van der Waals surface area contributed by atoms with Crippen molar-refractivity contribution in [3.63, 3.8) is 0 Å². The van der Waals surface area contributed by atoms with Gasteiger partial charge in [0.15, 0.2) is 0 Å². The van der Waals surface area contributed by atoms with E-state index in [0.29, 0.717) is 13.1 Å². The highest BCUT2D eigenvalue weighted by Crippen LogP contribution is 2.22. The van der Waals surface area contributed by atoms with E-state index in [4.69, 9.17) is 5.11 Å². The summed E-state index contributed by atoms with van der Waals surface area (Å²) in [4.78, 5) is 15.8. The zero-order valence-corrected chi connectivity index (χ0v) is 11.6. The monoisotopic (exact) mass is 278 g/mol. The topological polar surface area (TPSA) is 64.0 Å². The summed E-state index contributed by atoms with van der Waals surface area (Å²) < 4.78 is 0. The number of hydrogen-bond donors (Lipinski definition) is 2. The second-order valence-corrected chi connectivity index (χ2v) is 5.11. The van der Waals surface area contributed by atoms with Crippen LogP contribution >= 0.6 is 0 Å². The fraction of sp³-hybridized carbons (Fsp3) is 0.533. The molecule has 1 unspecified atom stereocenters. The molecule has 0 spiro atoms. The van der Waals surface area contributed by atoms with Gasteiger partial charge in [-0.2, -0.15) is 0 Å². The zero-order valence-electron chi connectivity index (χ0n) is 11.6. The molecule has 0 radical (unpaired) electrons. The Morgan fingerprint density at radius 3 is 2.55 bits per heavy atom. The molecule has 0 aliphatic carbocycles. The Kier molecular flexibility index (Phi) is 5.52. The molecule has 1 aliphatic heterocycles. The quantitative estimate of drug-likeness (QED) is 0.834. The minimum absolute atomic E-state index is 0.154. The molecule has 1 saturated heterocycles. The highest BCUT2D eigenvalue weighted by molar-refractivity contribution is 5.75. The predicted molar refractivity (Wildman–Crippen MR) is 76.5 cm³/mol. The first kappa shape index (κ1) is 15.0. The van der Waals surface area contributed by atoms with Crippen LogP contribution in [0.25, 0.3) is 0 Å². The van der Waals surface area contributed by atoms with E-state index in [1.165, 1.54) is 0 Å². The largest absolute Gasteiger partial charge is 0.480 e. The Labute approximate surface area is 119 Å². The molecule has 1 aromatic carbocycles. The molecule has 5 nitrogen and oxygen atoms in total. The summed E-state index contributed by atoms with van der Waals surface area (Å²) >= 11 is 0. The normalized spacial score (nSPS) is 19.4. The zero-order chi connectivity index (χ0) is 14.4. The summed E-state index contributed by atoms with van der Waals surface area (Å²) in [5.74, 6) is -0.799. The van der Waals surface area contributed by atoms with E-state index in [1.807, 2.05) is 35.2 Å². The third-order valence-corrected chi connectivity index (χ3v) is 3.75. The van der Waals surface area contributed by atoms with E-state index < -0.39 is 12.0 Å². The smallest absolute Gasteiger partial charge is 0.325 e. The van der Waals surface area contributed by atoms with Gasteiger partial charge in [0.1, 0.15) is 6.04 Å². The summed E-state index contributed by atoms with van der Waals surface area (Å²) in [6, 6.07) is 8.81. The molecule has 0 bridgehead atoms. The Bertz CT molecular complexity index is 424. The lowest BCUT2D eigenvalue weighted by Gasteiger charge is -2.27. The summed E-state index contributed by atoms with van der Waals surface area (Å²) in [7, 11) is 0. The van der Waals surface area contributed by atoms with Crippen molar-refractivity contribution in [3.05, 3.63) is 35.9 Å². The minimum Gasteiger partial charge on any atom is -0.480 e. The molecule has 0 aromatic heterocycles. The van der Waals surface area contributed by atoms with Gasteiger partial charge in [-0.1, -0.05) is 30.3 Å². The van der Waals surface area contributed by atoms with Gasteiger partial charge in [0.25, 0.3) is 0 Å². The number of carboxylic acid groups (broad SMARTS) is 1. The summed E-state index contributed by atoms with van der Waals surface area (Å²) in [5, 5.41) is 18.5. The van der Waals surface area contributed by atoms with E-state index >= 15 is 0 Å². The fourth-order valence-corrected chi connectivity index (χ4v) is 2.76. The van der Waals surface area contributed by atoms with Crippen LogP contribution in [0.1, 0.15) is 18.0 Å². The van der Waals surface area contributed by atoms with Crippen molar-refractivity contribution in [2.24, 2.45) is 0 Å². The van der Waals surface area contributed by atoms with Gasteiger partial charge in [-0.05, 0) is 18.5 Å². The number of carbonyl (C=O) groups is 1. The number of aliphatic carboxylic acids is 1. The van der Waals surface area contributed by atoms with Crippen LogP contribution < -0.4 is 0 Å². The van der Waals surface area contributed by atoms with Gasteiger partial charge in [-0.25, -0.2) is 0 Å². The van der Waals surface area contributed by atoms with E-state index in [9.17, 15) is 9.90 Å². The average molecular weight is 278 g/mol. The molecular formula is C15H22N2O3. The molecule has 1 aromatic rings. The molecule has 0 saturated carbocycles. The minimum atomic E-state index is -0.799. The molecule has 1 heterocycles. The van der Waals surface area contributed by atoms with Crippen molar-refractivity contribution >= 4 is 5.97 Å². The van der Waals surface area contributed by atoms with Crippen molar-refractivity contribution in [3.8, 4) is 0 Å². The van der Waals surface area contributed by atoms with Gasteiger partial charge in [-0.15, -0.1) is 0 Å². The van der Waals surface area contributed by atoms with Gasteiger partial charge in [-0.3, -0.25) is 14.6 Å². The number of carboxylic acids is 1. The average Bonchev–Trinajstić information content (AvgIpc) is 2.66. The molecule has 110 valence electrons. The van der Waals surface area contributed by atoms with Crippen LogP contribution in [0.3, 0.4) is 0 Å².